The number of hydrogen-bond donors (Lipinski definition) is 0. The smallest absolute Gasteiger partial charge is 0.0327 e. The minimum Gasteiger partial charge on any atom is -0.103 e. The summed E-state index contributed by atoms with van der Waals surface area (Å²) in [5, 5.41) is 0. The van der Waals surface area contributed by atoms with Crippen molar-refractivity contribution in [3.8, 4) is 11.8 Å². The third-order valence-corrected chi connectivity index (χ3v) is 6.43. The van der Waals surface area contributed by atoms with E-state index in [-0.39, 0.29) is 10.8 Å². The molecule has 1 saturated carbocycles. The van der Waals surface area contributed by atoms with Gasteiger partial charge in [0.05, 0.1) is 0 Å². The highest BCUT2D eigenvalue weighted by atomic mass is 14.6. The summed E-state index contributed by atoms with van der Waals surface area (Å²) in [5.41, 5.74) is 3.47. The second kappa shape index (κ2) is 4.42. The Morgan fingerprint density at radius 1 is 1.38 bits per heavy atom. The van der Waals surface area contributed by atoms with Gasteiger partial charge >= 0.3 is 0 Å². The van der Waals surface area contributed by atoms with Crippen LogP contribution in [0, 0.1) is 41.2 Å². The zero-order valence-corrected chi connectivity index (χ0v) is 12.8. The molecule has 0 N–H and O–H groups in total. The maximum absolute atomic E-state index is 4.07. The Labute approximate surface area is 128 Å². The lowest BCUT2D eigenvalue weighted by Gasteiger charge is -2.55. The zero-order valence-electron chi connectivity index (χ0n) is 12.8. The van der Waals surface area contributed by atoms with Crippen LogP contribution in [0.2, 0.25) is 0 Å². The Kier molecular flexibility index (Phi) is 2.74. The van der Waals surface area contributed by atoms with Gasteiger partial charge in [-0.25, -0.2) is 0 Å². The summed E-state index contributed by atoms with van der Waals surface area (Å²) in [6.45, 7) is 6.47. The van der Waals surface area contributed by atoms with E-state index in [2.05, 4.69) is 49.6 Å². The average molecular weight is 274 g/mol. The van der Waals surface area contributed by atoms with Crippen molar-refractivity contribution in [2.45, 2.75) is 50.9 Å². The van der Waals surface area contributed by atoms with Crippen LogP contribution < -0.4 is 0 Å². The highest BCUT2D eigenvalue weighted by molar-refractivity contribution is 5.39. The van der Waals surface area contributed by atoms with Crippen molar-refractivity contribution in [3.63, 3.8) is 0 Å². The maximum Gasteiger partial charge on any atom is 0.0327 e. The fourth-order valence-electron chi connectivity index (χ4n) is 5.39. The molecular formula is C21H22. The molecule has 0 unspecified atom stereocenters. The van der Waals surface area contributed by atoms with E-state index in [1.54, 1.807) is 0 Å². The fourth-order valence-corrected chi connectivity index (χ4v) is 5.39. The molecule has 1 aromatic carbocycles. The largest absolute Gasteiger partial charge is 0.103 e. The second-order valence-electron chi connectivity index (χ2n) is 7.32. The van der Waals surface area contributed by atoms with Crippen molar-refractivity contribution in [1.29, 1.82) is 0 Å². The van der Waals surface area contributed by atoms with Crippen LogP contribution in [-0.4, -0.2) is 0 Å². The van der Waals surface area contributed by atoms with Crippen molar-refractivity contribution in [2.75, 3.05) is 0 Å². The summed E-state index contributed by atoms with van der Waals surface area (Å²) in [6, 6.07) is 10.9. The normalized spacial score (nSPS) is 39.1. The van der Waals surface area contributed by atoms with Crippen LogP contribution in [0.4, 0.5) is 0 Å². The molecule has 3 aliphatic rings. The maximum atomic E-state index is 4.07. The molecule has 1 aromatic rings. The molecule has 1 fully saturated rings. The molecular weight excluding hydrogens is 252 g/mol. The molecule has 0 heteroatoms. The lowest BCUT2D eigenvalue weighted by atomic mass is 9.48. The molecule has 4 rings (SSSR count). The number of allylic oxidation sites excluding steroid dienone is 1. The number of fused-ring (bicyclic) bond motifs is 5. The van der Waals surface area contributed by atoms with Gasteiger partial charge in [-0.3, -0.25) is 0 Å². The molecule has 0 bridgehead atoms. The average Bonchev–Trinajstić information content (AvgIpc) is 2.89. The van der Waals surface area contributed by atoms with Gasteiger partial charge in [0, 0.05) is 22.8 Å². The molecule has 4 atom stereocenters. The molecule has 3 aliphatic carbocycles. The Morgan fingerprint density at radius 3 is 3.14 bits per heavy atom. The van der Waals surface area contributed by atoms with E-state index < -0.39 is 0 Å². The monoisotopic (exact) mass is 274 g/mol. The summed E-state index contributed by atoms with van der Waals surface area (Å²) in [6.07, 6.45) is 9.23. The van der Waals surface area contributed by atoms with E-state index in [1.807, 2.05) is 6.07 Å². The van der Waals surface area contributed by atoms with Gasteiger partial charge in [-0.15, -0.1) is 12.5 Å². The van der Waals surface area contributed by atoms with E-state index in [1.165, 1.54) is 30.4 Å². The third-order valence-electron chi connectivity index (χ3n) is 6.43. The Bertz CT molecular complexity index is 643. The van der Waals surface area contributed by atoms with E-state index in [9.17, 15) is 0 Å². The van der Waals surface area contributed by atoms with E-state index in [0.29, 0.717) is 5.92 Å². The first-order valence-electron chi connectivity index (χ1n) is 8.22. The Hall–Kier alpha value is -1.66. The van der Waals surface area contributed by atoms with Crippen LogP contribution in [0.1, 0.15) is 50.2 Å². The first kappa shape index (κ1) is 13.0. The highest BCUT2D eigenvalue weighted by Gasteiger charge is 2.55. The quantitative estimate of drug-likeness (QED) is 0.551. The summed E-state index contributed by atoms with van der Waals surface area (Å²) in [7, 11) is 0. The molecule has 0 amide bonds. The summed E-state index contributed by atoms with van der Waals surface area (Å²) >= 11 is 0. The van der Waals surface area contributed by atoms with Crippen molar-refractivity contribution in [2.24, 2.45) is 17.3 Å². The molecule has 21 heavy (non-hydrogen) atoms. The van der Waals surface area contributed by atoms with Crippen LogP contribution >= 0.6 is 0 Å². The second-order valence-corrected chi connectivity index (χ2v) is 7.32. The Morgan fingerprint density at radius 2 is 2.29 bits per heavy atom. The van der Waals surface area contributed by atoms with Crippen molar-refractivity contribution in [1.82, 2.24) is 0 Å². The van der Waals surface area contributed by atoms with Gasteiger partial charge in [-0.1, -0.05) is 24.1 Å². The van der Waals surface area contributed by atoms with Gasteiger partial charge in [0.25, 0.3) is 0 Å². The molecule has 106 valence electrons. The topological polar surface area (TPSA) is 0 Å². The van der Waals surface area contributed by atoms with Crippen LogP contribution in [0.3, 0.4) is 0 Å². The first-order valence-corrected chi connectivity index (χ1v) is 8.22. The van der Waals surface area contributed by atoms with Crippen molar-refractivity contribution >= 4 is 0 Å². The van der Waals surface area contributed by atoms with Gasteiger partial charge in [0.15, 0.2) is 0 Å². The van der Waals surface area contributed by atoms with Gasteiger partial charge in [-0.05, 0) is 68.6 Å². The molecule has 0 saturated heterocycles. The molecule has 0 aromatic heterocycles. The lowest BCUT2D eigenvalue weighted by molar-refractivity contribution is 0.0265. The number of hydrogen-bond acceptors (Lipinski definition) is 0. The molecule has 0 heterocycles. The van der Waals surface area contributed by atoms with Crippen molar-refractivity contribution in [3.05, 3.63) is 48.0 Å². The predicted octanol–water partition coefficient (Wildman–Crippen LogP) is 4.49. The summed E-state index contributed by atoms with van der Waals surface area (Å²) in [5.74, 6) is 8.44. The predicted molar refractivity (Wildman–Crippen MR) is 85.6 cm³/mol. The molecule has 0 spiro atoms. The Balaban J connectivity index is 1.84. The third kappa shape index (κ3) is 1.66. The summed E-state index contributed by atoms with van der Waals surface area (Å²) in [4.78, 5) is 0. The van der Waals surface area contributed by atoms with Gasteiger partial charge < -0.3 is 0 Å². The van der Waals surface area contributed by atoms with Crippen molar-refractivity contribution < 1.29 is 0 Å². The molecule has 0 radical (unpaired) electrons. The minimum absolute atomic E-state index is 0.261. The van der Waals surface area contributed by atoms with E-state index in [4.69, 9.17) is 0 Å². The number of rotatable bonds is 2. The van der Waals surface area contributed by atoms with Gasteiger partial charge in [0.1, 0.15) is 0 Å². The first-order chi connectivity index (χ1) is 10.2. The van der Waals surface area contributed by atoms with Crippen LogP contribution in [-0.2, 0) is 11.8 Å². The standard InChI is InChI=1S/C21H22/c1-3-12-21-15-14-20(2)13-6-9-18(20)19(21)11-10-16-7-4-5-8-17(16)21/h3,5,8,18-19H,1,9-12,14-15H2,2H3/t18-,19-,20-,21+/m0/s1. The van der Waals surface area contributed by atoms with E-state index >= 15 is 0 Å². The van der Waals surface area contributed by atoms with Gasteiger partial charge in [-0.2, -0.15) is 0 Å². The minimum atomic E-state index is 0.261. The summed E-state index contributed by atoms with van der Waals surface area (Å²) < 4.78 is 0. The van der Waals surface area contributed by atoms with Crippen LogP contribution in [0.5, 0.6) is 0 Å². The SMILES string of the molecule is C=CC[C@]12CC[C@]3(C)C#CC[C@H]3[C@@H]1CCc1c#cccc12. The van der Waals surface area contributed by atoms with E-state index in [0.717, 1.165) is 25.2 Å². The van der Waals surface area contributed by atoms with Crippen LogP contribution in [0.15, 0.2) is 24.8 Å². The molecule has 0 aliphatic heterocycles. The fraction of sp³-hybridized carbons (Fsp3) is 0.524. The zero-order chi connectivity index (χ0) is 14.5. The highest BCUT2D eigenvalue weighted by Crippen LogP contribution is 2.61. The van der Waals surface area contributed by atoms with Gasteiger partial charge in [0.2, 0.25) is 0 Å². The lowest BCUT2D eigenvalue weighted by Crippen LogP contribution is -2.51. The van der Waals surface area contributed by atoms with Crippen LogP contribution in [0.25, 0.3) is 0 Å². The molecule has 0 nitrogen and oxygen atoms in total.